The molecule has 0 aliphatic heterocycles. The SMILES string of the molecule is OC(c1ccc2cccnc2c1)c1ccc(F)cn1. The molecule has 94 valence electrons. The second kappa shape index (κ2) is 4.74. The normalized spacial score (nSPS) is 12.5. The van der Waals surface area contributed by atoms with E-state index in [1.165, 1.54) is 12.1 Å². The molecule has 4 heteroatoms. The van der Waals surface area contributed by atoms with Crippen LogP contribution >= 0.6 is 0 Å². The number of fused-ring (bicyclic) bond motifs is 1. The summed E-state index contributed by atoms with van der Waals surface area (Å²) >= 11 is 0. The molecule has 0 bridgehead atoms. The van der Waals surface area contributed by atoms with E-state index >= 15 is 0 Å². The van der Waals surface area contributed by atoms with Crippen molar-refractivity contribution in [3.05, 3.63) is 71.9 Å². The van der Waals surface area contributed by atoms with Gasteiger partial charge in [-0.15, -0.1) is 0 Å². The second-order valence-electron chi connectivity index (χ2n) is 4.26. The van der Waals surface area contributed by atoms with Crippen LogP contribution in [0.3, 0.4) is 0 Å². The molecule has 3 aromatic rings. The highest BCUT2D eigenvalue weighted by atomic mass is 19.1. The van der Waals surface area contributed by atoms with Gasteiger partial charge in [0.1, 0.15) is 11.9 Å². The van der Waals surface area contributed by atoms with Gasteiger partial charge in [-0.1, -0.05) is 18.2 Å². The predicted octanol–water partition coefficient (Wildman–Crippen LogP) is 2.85. The van der Waals surface area contributed by atoms with Gasteiger partial charge in [0.15, 0.2) is 0 Å². The molecule has 1 atom stereocenters. The minimum atomic E-state index is -0.882. The van der Waals surface area contributed by atoms with Gasteiger partial charge in [0.2, 0.25) is 0 Å². The van der Waals surface area contributed by atoms with Crippen molar-refractivity contribution < 1.29 is 9.50 Å². The molecule has 19 heavy (non-hydrogen) atoms. The Labute approximate surface area is 109 Å². The van der Waals surface area contributed by atoms with Crippen molar-refractivity contribution in [2.75, 3.05) is 0 Å². The zero-order valence-corrected chi connectivity index (χ0v) is 9.99. The molecular formula is C15H11FN2O. The molecular weight excluding hydrogens is 243 g/mol. The van der Waals surface area contributed by atoms with Crippen LogP contribution in [0.25, 0.3) is 10.9 Å². The van der Waals surface area contributed by atoms with E-state index in [0.717, 1.165) is 17.1 Å². The zero-order chi connectivity index (χ0) is 13.2. The molecule has 2 aromatic heterocycles. The highest BCUT2D eigenvalue weighted by Gasteiger charge is 2.12. The largest absolute Gasteiger partial charge is 0.382 e. The molecule has 2 heterocycles. The van der Waals surface area contributed by atoms with E-state index in [9.17, 15) is 9.50 Å². The molecule has 3 nitrogen and oxygen atoms in total. The average molecular weight is 254 g/mol. The number of hydrogen-bond acceptors (Lipinski definition) is 3. The van der Waals surface area contributed by atoms with Crippen molar-refractivity contribution in [2.24, 2.45) is 0 Å². The summed E-state index contributed by atoms with van der Waals surface area (Å²) in [7, 11) is 0. The molecule has 3 rings (SSSR count). The fourth-order valence-electron chi connectivity index (χ4n) is 1.97. The smallest absolute Gasteiger partial charge is 0.141 e. The van der Waals surface area contributed by atoms with Gasteiger partial charge in [0.25, 0.3) is 0 Å². The summed E-state index contributed by atoms with van der Waals surface area (Å²) in [6, 6.07) is 12.1. The highest BCUT2D eigenvalue weighted by Crippen LogP contribution is 2.23. The molecule has 1 N–H and O–H groups in total. The summed E-state index contributed by atoms with van der Waals surface area (Å²) in [5.41, 5.74) is 1.91. The number of halogens is 1. The fourth-order valence-corrected chi connectivity index (χ4v) is 1.97. The third-order valence-corrected chi connectivity index (χ3v) is 2.98. The monoisotopic (exact) mass is 254 g/mol. The number of nitrogens with zero attached hydrogens (tertiary/aromatic N) is 2. The number of aliphatic hydroxyl groups is 1. The van der Waals surface area contributed by atoms with Crippen LogP contribution in [-0.4, -0.2) is 15.1 Å². The van der Waals surface area contributed by atoms with E-state index in [2.05, 4.69) is 9.97 Å². The molecule has 0 amide bonds. The maximum absolute atomic E-state index is 12.8. The van der Waals surface area contributed by atoms with Crippen LogP contribution in [0.1, 0.15) is 17.4 Å². The summed E-state index contributed by atoms with van der Waals surface area (Å²) in [6.07, 6.45) is 1.92. The number of pyridine rings is 2. The van der Waals surface area contributed by atoms with E-state index in [-0.39, 0.29) is 0 Å². The first-order valence-corrected chi connectivity index (χ1v) is 5.88. The van der Waals surface area contributed by atoms with E-state index in [1.54, 1.807) is 6.20 Å². The van der Waals surface area contributed by atoms with Crippen LogP contribution in [0.5, 0.6) is 0 Å². The van der Waals surface area contributed by atoms with E-state index < -0.39 is 11.9 Å². The Bertz CT molecular complexity index is 713. The first kappa shape index (κ1) is 11.7. The minimum absolute atomic E-state index is 0.414. The van der Waals surface area contributed by atoms with Gasteiger partial charge >= 0.3 is 0 Å². The molecule has 0 fully saturated rings. The van der Waals surface area contributed by atoms with Crippen LogP contribution in [0.2, 0.25) is 0 Å². The third-order valence-electron chi connectivity index (χ3n) is 2.98. The van der Waals surface area contributed by atoms with Gasteiger partial charge in [-0.3, -0.25) is 9.97 Å². The number of hydrogen-bond donors (Lipinski definition) is 1. The van der Waals surface area contributed by atoms with Gasteiger partial charge in [-0.05, 0) is 29.8 Å². The Morgan fingerprint density at radius 1 is 1.05 bits per heavy atom. The van der Waals surface area contributed by atoms with E-state index in [0.29, 0.717) is 11.3 Å². The zero-order valence-electron chi connectivity index (χ0n) is 9.99. The minimum Gasteiger partial charge on any atom is -0.382 e. The van der Waals surface area contributed by atoms with Gasteiger partial charge < -0.3 is 5.11 Å². The van der Waals surface area contributed by atoms with Crippen LogP contribution in [0, 0.1) is 5.82 Å². The summed E-state index contributed by atoms with van der Waals surface area (Å²) < 4.78 is 12.8. The Morgan fingerprint density at radius 3 is 2.74 bits per heavy atom. The molecule has 0 aliphatic carbocycles. The molecule has 0 radical (unpaired) electrons. The van der Waals surface area contributed by atoms with Crippen molar-refractivity contribution in [3.8, 4) is 0 Å². The van der Waals surface area contributed by atoms with Gasteiger partial charge in [0.05, 0.1) is 17.4 Å². The summed E-state index contributed by atoms with van der Waals surface area (Å²) in [5.74, 6) is -0.420. The lowest BCUT2D eigenvalue weighted by Gasteiger charge is -2.11. The Morgan fingerprint density at radius 2 is 1.95 bits per heavy atom. The van der Waals surface area contributed by atoms with Crippen LogP contribution in [-0.2, 0) is 0 Å². The van der Waals surface area contributed by atoms with Crippen LogP contribution in [0.4, 0.5) is 4.39 Å². The Hall–Kier alpha value is -2.33. The summed E-state index contributed by atoms with van der Waals surface area (Å²) in [4.78, 5) is 8.13. The molecule has 0 aliphatic rings. The first-order chi connectivity index (χ1) is 9.24. The predicted molar refractivity (Wildman–Crippen MR) is 70.0 cm³/mol. The maximum atomic E-state index is 12.8. The molecule has 0 saturated carbocycles. The lowest BCUT2D eigenvalue weighted by molar-refractivity contribution is 0.215. The molecule has 0 spiro atoms. The quantitative estimate of drug-likeness (QED) is 0.764. The second-order valence-corrected chi connectivity index (χ2v) is 4.26. The van der Waals surface area contributed by atoms with Crippen molar-refractivity contribution >= 4 is 10.9 Å². The van der Waals surface area contributed by atoms with Crippen molar-refractivity contribution in [2.45, 2.75) is 6.10 Å². The first-order valence-electron chi connectivity index (χ1n) is 5.88. The maximum Gasteiger partial charge on any atom is 0.141 e. The lowest BCUT2D eigenvalue weighted by Crippen LogP contribution is -2.02. The third kappa shape index (κ3) is 2.30. The van der Waals surface area contributed by atoms with E-state index in [4.69, 9.17) is 0 Å². The standard InChI is InChI=1S/C15H11FN2O/c16-12-5-6-13(18-9-12)15(19)11-4-3-10-2-1-7-17-14(10)8-11/h1-9,15,19H. The number of benzene rings is 1. The van der Waals surface area contributed by atoms with Gasteiger partial charge in [-0.2, -0.15) is 0 Å². The number of aromatic nitrogens is 2. The summed E-state index contributed by atoms with van der Waals surface area (Å²) in [5, 5.41) is 11.2. The molecule has 1 aromatic carbocycles. The van der Waals surface area contributed by atoms with Crippen molar-refractivity contribution in [1.29, 1.82) is 0 Å². The van der Waals surface area contributed by atoms with Crippen LogP contribution < -0.4 is 0 Å². The molecule has 1 unspecified atom stereocenters. The topological polar surface area (TPSA) is 46.0 Å². The fraction of sp³-hybridized carbons (Fsp3) is 0.0667. The van der Waals surface area contributed by atoms with Crippen molar-refractivity contribution in [3.63, 3.8) is 0 Å². The lowest BCUT2D eigenvalue weighted by atomic mass is 10.0. The Balaban J connectivity index is 2.01. The average Bonchev–Trinajstić information content (AvgIpc) is 2.47. The van der Waals surface area contributed by atoms with Crippen LogP contribution in [0.15, 0.2) is 54.9 Å². The van der Waals surface area contributed by atoms with E-state index in [1.807, 2.05) is 30.3 Å². The molecule has 0 saturated heterocycles. The van der Waals surface area contributed by atoms with Gasteiger partial charge in [0, 0.05) is 11.6 Å². The van der Waals surface area contributed by atoms with Crippen molar-refractivity contribution in [1.82, 2.24) is 9.97 Å². The Kier molecular flexibility index (Phi) is 2.93. The number of rotatable bonds is 2. The number of aliphatic hydroxyl groups excluding tert-OH is 1. The highest BCUT2D eigenvalue weighted by molar-refractivity contribution is 5.79. The summed E-state index contributed by atoms with van der Waals surface area (Å²) in [6.45, 7) is 0. The van der Waals surface area contributed by atoms with Gasteiger partial charge in [-0.25, -0.2) is 4.39 Å².